The highest BCUT2D eigenvalue weighted by molar-refractivity contribution is 5.95. The van der Waals surface area contributed by atoms with Crippen molar-refractivity contribution in [2.45, 2.75) is 38.8 Å². The second kappa shape index (κ2) is 5.88. The molecule has 0 aliphatic carbocycles. The minimum absolute atomic E-state index is 0.156. The zero-order chi connectivity index (χ0) is 14.6. The van der Waals surface area contributed by atoms with E-state index in [9.17, 15) is 9.59 Å². The van der Waals surface area contributed by atoms with Crippen molar-refractivity contribution in [3.05, 3.63) is 24.2 Å². The first-order valence-corrected chi connectivity index (χ1v) is 5.94. The van der Waals surface area contributed by atoms with Gasteiger partial charge in [0.15, 0.2) is 5.92 Å². The quantitative estimate of drug-likeness (QED) is 0.615. The van der Waals surface area contributed by atoms with E-state index < -0.39 is 29.5 Å². The lowest BCUT2D eigenvalue weighted by Crippen LogP contribution is -2.45. The number of carboxylic acids is 1. The van der Waals surface area contributed by atoms with Crippen molar-refractivity contribution in [3.8, 4) is 0 Å². The van der Waals surface area contributed by atoms with E-state index in [4.69, 9.17) is 20.0 Å². The number of hydrogen-bond acceptors (Lipinski definition) is 5. The molecule has 3 N–H and O–H groups in total. The Kier molecular flexibility index (Phi) is 4.72. The second-order valence-corrected chi connectivity index (χ2v) is 5.30. The number of carbonyl (C=O) groups is 2. The average Bonchev–Trinajstić information content (AvgIpc) is 2.66. The molecule has 1 heterocycles. The molecule has 19 heavy (non-hydrogen) atoms. The Labute approximate surface area is 111 Å². The Morgan fingerprint density at radius 1 is 1.47 bits per heavy atom. The number of nitrogens with two attached hydrogens (primary N) is 1. The summed E-state index contributed by atoms with van der Waals surface area (Å²) in [6.07, 6.45) is 1.62. The number of hydrogen-bond donors (Lipinski definition) is 2. The lowest BCUT2D eigenvalue weighted by atomic mass is 9.96. The van der Waals surface area contributed by atoms with Crippen LogP contribution in [-0.4, -0.2) is 28.7 Å². The van der Waals surface area contributed by atoms with Gasteiger partial charge in [-0.05, 0) is 32.9 Å². The largest absolute Gasteiger partial charge is 0.481 e. The zero-order valence-electron chi connectivity index (χ0n) is 11.3. The van der Waals surface area contributed by atoms with Crippen LogP contribution in [0.4, 0.5) is 0 Å². The molecule has 0 unspecified atom stereocenters. The van der Waals surface area contributed by atoms with Gasteiger partial charge in [0.25, 0.3) is 0 Å². The SMILES string of the molecule is CC(C)(C)OC(=O)[C@@H](C(=O)O)[C@@H](N)Cc1ccco1. The van der Waals surface area contributed by atoms with Gasteiger partial charge in [-0.25, -0.2) is 0 Å². The summed E-state index contributed by atoms with van der Waals surface area (Å²) < 4.78 is 10.2. The van der Waals surface area contributed by atoms with Crippen LogP contribution in [-0.2, 0) is 20.7 Å². The van der Waals surface area contributed by atoms with Crippen LogP contribution in [0, 0.1) is 5.92 Å². The van der Waals surface area contributed by atoms with Gasteiger partial charge in [0.05, 0.1) is 6.26 Å². The number of carboxylic acid groups (broad SMARTS) is 1. The number of ether oxygens (including phenoxy) is 1. The van der Waals surface area contributed by atoms with Crippen molar-refractivity contribution < 1.29 is 23.8 Å². The summed E-state index contributed by atoms with van der Waals surface area (Å²) in [6.45, 7) is 5.01. The lowest BCUT2D eigenvalue weighted by Gasteiger charge is -2.24. The Balaban J connectivity index is 2.76. The Morgan fingerprint density at radius 2 is 2.11 bits per heavy atom. The van der Waals surface area contributed by atoms with E-state index in [-0.39, 0.29) is 6.42 Å². The summed E-state index contributed by atoms with van der Waals surface area (Å²) in [5.41, 5.74) is 5.03. The molecule has 0 saturated heterocycles. The van der Waals surface area contributed by atoms with Gasteiger partial charge in [-0.15, -0.1) is 0 Å². The maximum Gasteiger partial charge on any atom is 0.322 e. The highest BCUT2D eigenvalue weighted by Crippen LogP contribution is 2.16. The molecular weight excluding hydrogens is 250 g/mol. The van der Waals surface area contributed by atoms with Crippen LogP contribution in [0.15, 0.2) is 22.8 Å². The predicted molar refractivity (Wildman–Crippen MR) is 67.4 cm³/mol. The Morgan fingerprint density at radius 3 is 2.53 bits per heavy atom. The molecule has 1 aromatic heterocycles. The van der Waals surface area contributed by atoms with Crippen LogP contribution in [0.3, 0.4) is 0 Å². The van der Waals surface area contributed by atoms with Crippen molar-refractivity contribution in [1.29, 1.82) is 0 Å². The fourth-order valence-corrected chi connectivity index (χ4v) is 1.60. The van der Waals surface area contributed by atoms with Crippen LogP contribution in [0.2, 0.25) is 0 Å². The molecule has 6 heteroatoms. The molecule has 2 atom stereocenters. The molecule has 0 aliphatic rings. The number of esters is 1. The average molecular weight is 269 g/mol. The molecule has 1 rings (SSSR count). The monoisotopic (exact) mass is 269 g/mol. The minimum Gasteiger partial charge on any atom is -0.481 e. The van der Waals surface area contributed by atoms with Crippen LogP contribution >= 0.6 is 0 Å². The van der Waals surface area contributed by atoms with E-state index in [1.54, 1.807) is 32.9 Å². The molecule has 0 radical (unpaired) electrons. The van der Waals surface area contributed by atoms with E-state index >= 15 is 0 Å². The zero-order valence-corrected chi connectivity index (χ0v) is 11.3. The van der Waals surface area contributed by atoms with E-state index in [1.165, 1.54) is 6.26 Å². The highest BCUT2D eigenvalue weighted by Gasteiger charge is 2.36. The smallest absolute Gasteiger partial charge is 0.322 e. The normalized spacial score (nSPS) is 14.7. The molecule has 0 amide bonds. The van der Waals surface area contributed by atoms with Gasteiger partial charge in [0, 0.05) is 12.5 Å². The summed E-state index contributed by atoms with van der Waals surface area (Å²) in [4.78, 5) is 23.0. The third kappa shape index (κ3) is 4.75. The first-order valence-electron chi connectivity index (χ1n) is 5.94. The van der Waals surface area contributed by atoms with Gasteiger partial charge in [-0.1, -0.05) is 0 Å². The molecule has 0 spiro atoms. The summed E-state index contributed by atoms with van der Waals surface area (Å²) in [6, 6.07) is 2.44. The van der Waals surface area contributed by atoms with Gasteiger partial charge in [0.1, 0.15) is 11.4 Å². The van der Waals surface area contributed by atoms with Crippen LogP contribution in [0.25, 0.3) is 0 Å². The summed E-state index contributed by atoms with van der Waals surface area (Å²) in [5.74, 6) is -3.01. The van der Waals surface area contributed by atoms with Gasteiger partial charge in [0.2, 0.25) is 0 Å². The Bertz CT molecular complexity index is 432. The molecule has 0 saturated carbocycles. The topological polar surface area (TPSA) is 103 Å². The molecule has 0 aromatic carbocycles. The van der Waals surface area contributed by atoms with Gasteiger partial charge in [-0.3, -0.25) is 9.59 Å². The number of aliphatic carboxylic acids is 1. The molecule has 1 aromatic rings. The first-order chi connectivity index (χ1) is 8.70. The highest BCUT2D eigenvalue weighted by atomic mass is 16.6. The van der Waals surface area contributed by atoms with Crippen LogP contribution < -0.4 is 5.73 Å². The molecule has 0 bridgehead atoms. The standard InChI is InChI=1S/C13H19NO5/c1-13(2,3)19-12(17)10(11(15)16)9(14)7-8-5-4-6-18-8/h4-6,9-10H,7,14H2,1-3H3,(H,15,16)/t9-,10+/m0/s1. The first kappa shape index (κ1) is 15.2. The maximum absolute atomic E-state index is 11.9. The van der Waals surface area contributed by atoms with Crippen LogP contribution in [0.1, 0.15) is 26.5 Å². The Hall–Kier alpha value is -1.82. The van der Waals surface area contributed by atoms with Crippen LogP contribution in [0.5, 0.6) is 0 Å². The van der Waals surface area contributed by atoms with E-state index in [0.29, 0.717) is 5.76 Å². The molecule has 106 valence electrons. The second-order valence-electron chi connectivity index (χ2n) is 5.30. The van der Waals surface area contributed by atoms with Crippen molar-refractivity contribution in [2.75, 3.05) is 0 Å². The molecule has 0 aliphatic heterocycles. The molecular formula is C13H19NO5. The van der Waals surface area contributed by atoms with Crippen molar-refractivity contribution in [2.24, 2.45) is 11.7 Å². The van der Waals surface area contributed by atoms with Crippen molar-refractivity contribution in [3.63, 3.8) is 0 Å². The van der Waals surface area contributed by atoms with E-state index in [1.807, 2.05) is 0 Å². The van der Waals surface area contributed by atoms with Crippen molar-refractivity contribution >= 4 is 11.9 Å². The minimum atomic E-state index is -1.41. The summed E-state index contributed by atoms with van der Waals surface area (Å²) in [7, 11) is 0. The molecule has 6 nitrogen and oxygen atoms in total. The van der Waals surface area contributed by atoms with E-state index in [0.717, 1.165) is 0 Å². The van der Waals surface area contributed by atoms with Crippen molar-refractivity contribution in [1.82, 2.24) is 0 Å². The summed E-state index contributed by atoms with van der Waals surface area (Å²) >= 11 is 0. The molecule has 0 fully saturated rings. The predicted octanol–water partition coefficient (Wildman–Crippen LogP) is 1.19. The van der Waals surface area contributed by atoms with Gasteiger partial charge >= 0.3 is 11.9 Å². The number of furan rings is 1. The van der Waals surface area contributed by atoms with E-state index in [2.05, 4.69) is 0 Å². The fraction of sp³-hybridized carbons (Fsp3) is 0.538. The number of rotatable bonds is 5. The third-order valence-corrected chi connectivity index (χ3v) is 2.37. The fourth-order valence-electron chi connectivity index (χ4n) is 1.60. The van der Waals surface area contributed by atoms with Gasteiger partial charge < -0.3 is 20.0 Å². The van der Waals surface area contributed by atoms with Gasteiger partial charge in [-0.2, -0.15) is 0 Å². The third-order valence-electron chi connectivity index (χ3n) is 2.37. The number of carbonyl (C=O) groups excluding carboxylic acids is 1. The summed E-state index contributed by atoms with van der Waals surface area (Å²) in [5, 5.41) is 9.13. The maximum atomic E-state index is 11.9. The lowest BCUT2D eigenvalue weighted by molar-refractivity contribution is -0.167.